The first-order chi connectivity index (χ1) is 10.4. The van der Waals surface area contributed by atoms with Crippen LogP contribution in [0.3, 0.4) is 0 Å². The largest absolute Gasteiger partial charge is 0.538 e. The highest BCUT2D eigenvalue weighted by Gasteiger charge is 2.16. The molecule has 10 heteroatoms. The smallest absolute Gasteiger partial charge is 0.291 e. The predicted octanol–water partition coefficient (Wildman–Crippen LogP) is 0.520. The molecule has 116 valence electrons. The Hall–Kier alpha value is -2.62. The molecule has 0 radical (unpaired) electrons. The van der Waals surface area contributed by atoms with Gasteiger partial charge in [-0.25, -0.2) is 0 Å². The highest BCUT2D eigenvalue weighted by atomic mass is 32.2. The number of rotatable bonds is 5. The van der Waals surface area contributed by atoms with E-state index in [4.69, 9.17) is 0 Å². The number of carbonyl (C=O) groups is 1. The van der Waals surface area contributed by atoms with E-state index in [0.29, 0.717) is 11.3 Å². The molecule has 0 aliphatic heterocycles. The molecule has 1 amide bonds. The van der Waals surface area contributed by atoms with Gasteiger partial charge in [0.1, 0.15) is 0 Å². The summed E-state index contributed by atoms with van der Waals surface area (Å²) in [7, 11) is 1.53. The Morgan fingerprint density at radius 1 is 1.55 bits per heavy atom. The van der Waals surface area contributed by atoms with Crippen LogP contribution in [-0.4, -0.2) is 21.9 Å². The summed E-state index contributed by atoms with van der Waals surface area (Å²) in [5.41, 5.74) is 1.01. The number of aryl methyl sites for hydroxylation is 2. The molecule has 0 aliphatic rings. The average molecular weight is 324 g/mol. The Morgan fingerprint density at radius 3 is 2.82 bits per heavy atom. The van der Waals surface area contributed by atoms with E-state index in [-0.39, 0.29) is 22.4 Å². The van der Waals surface area contributed by atoms with Crippen molar-refractivity contribution < 1.29 is 24.0 Å². The zero-order valence-electron chi connectivity index (χ0n) is 11.7. The first-order valence-electron chi connectivity index (χ1n) is 6.09. The number of nitro groups is 1. The number of hydrogen-bond donors (Lipinski definition) is 1. The Labute approximate surface area is 129 Å². The summed E-state index contributed by atoms with van der Waals surface area (Å²) in [5.74, 6) is -0.963. The predicted molar refractivity (Wildman–Crippen MR) is 74.3 cm³/mol. The molecule has 1 N–H and O–H groups in total. The molecule has 0 aliphatic carbocycles. The van der Waals surface area contributed by atoms with Crippen molar-refractivity contribution in [2.75, 3.05) is 11.1 Å². The van der Waals surface area contributed by atoms with E-state index in [1.54, 1.807) is 6.92 Å². The maximum absolute atomic E-state index is 11.9. The molecule has 2 rings (SSSR count). The van der Waals surface area contributed by atoms with E-state index < -0.39 is 10.9 Å². The number of anilines is 1. The van der Waals surface area contributed by atoms with Gasteiger partial charge in [-0.1, -0.05) is 4.68 Å². The lowest BCUT2D eigenvalue weighted by molar-refractivity contribution is -0.772. The SMILES string of the molecule is Cc1cc([N+](=O)[O-])ccc1NC(=O)CSc1c([O-])on[n+]1C. The van der Waals surface area contributed by atoms with Crippen molar-refractivity contribution in [1.29, 1.82) is 0 Å². The molecule has 2 aromatic rings. The highest BCUT2D eigenvalue weighted by molar-refractivity contribution is 7.99. The number of amides is 1. The minimum Gasteiger partial charge on any atom is -0.538 e. The number of nitrogens with one attached hydrogen (secondary N) is 1. The third-order valence-corrected chi connectivity index (χ3v) is 3.86. The van der Waals surface area contributed by atoms with Crippen molar-refractivity contribution in [3.05, 3.63) is 33.9 Å². The van der Waals surface area contributed by atoms with Gasteiger partial charge in [-0.3, -0.25) is 14.9 Å². The molecule has 0 saturated carbocycles. The number of nitro benzene ring substituents is 1. The van der Waals surface area contributed by atoms with Gasteiger partial charge in [-0.2, -0.15) is 0 Å². The molecule has 22 heavy (non-hydrogen) atoms. The fourth-order valence-corrected chi connectivity index (χ4v) is 2.40. The van der Waals surface area contributed by atoms with Crippen LogP contribution in [0.5, 0.6) is 5.95 Å². The highest BCUT2D eigenvalue weighted by Crippen LogP contribution is 2.23. The molecule has 0 saturated heterocycles. The minimum absolute atomic E-state index is 0.0132. The number of carbonyl (C=O) groups excluding carboxylic acids is 1. The maximum atomic E-state index is 11.9. The second kappa shape index (κ2) is 6.43. The van der Waals surface area contributed by atoms with Gasteiger partial charge in [-0.15, -0.1) is 0 Å². The summed E-state index contributed by atoms with van der Waals surface area (Å²) in [4.78, 5) is 22.0. The lowest BCUT2D eigenvalue weighted by Crippen LogP contribution is -2.32. The van der Waals surface area contributed by atoms with Crippen molar-refractivity contribution in [1.82, 2.24) is 5.27 Å². The van der Waals surface area contributed by atoms with E-state index in [1.165, 1.54) is 29.9 Å². The van der Waals surface area contributed by atoms with E-state index in [0.717, 1.165) is 11.8 Å². The van der Waals surface area contributed by atoms with E-state index in [2.05, 4.69) is 15.1 Å². The van der Waals surface area contributed by atoms with E-state index in [1.807, 2.05) is 0 Å². The quantitative estimate of drug-likeness (QED) is 0.368. The Morgan fingerprint density at radius 2 is 2.27 bits per heavy atom. The van der Waals surface area contributed by atoms with E-state index >= 15 is 0 Å². The van der Waals surface area contributed by atoms with Gasteiger partial charge in [0.2, 0.25) is 5.91 Å². The van der Waals surface area contributed by atoms with Crippen LogP contribution in [0.15, 0.2) is 27.7 Å². The number of aromatic nitrogens is 2. The first kappa shape index (κ1) is 15.8. The number of nitrogens with zero attached hydrogens (tertiary/aromatic N) is 3. The summed E-state index contributed by atoms with van der Waals surface area (Å²) in [6.45, 7) is 1.66. The fourth-order valence-electron chi connectivity index (χ4n) is 1.68. The Balaban J connectivity index is 1.99. The minimum atomic E-state index is -0.605. The molecular weight excluding hydrogens is 312 g/mol. The molecule has 0 unspecified atom stereocenters. The van der Waals surface area contributed by atoms with Crippen LogP contribution in [0.1, 0.15) is 5.56 Å². The summed E-state index contributed by atoms with van der Waals surface area (Å²) >= 11 is 0.996. The van der Waals surface area contributed by atoms with Crippen LogP contribution in [0.25, 0.3) is 0 Å². The fraction of sp³-hybridized carbons (Fsp3) is 0.250. The number of thioether (sulfide) groups is 1. The van der Waals surface area contributed by atoms with Gasteiger partial charge in [0.05, 0.1) is 15.9 Å². The molecule has 0 fully saturated rings. The Bertz CT molecular complexity index is 711. The molecule has 0 spiro atoms. The molecule has 9 nitrogen and oxygen atoms in total. The van der Waals surface area contributed by atoms with Gasteiger partial charge in [0.15, 0.2) is 13.0 Å². The zero-order chi connectivity index (χ0) is 16.3. The van der Waals surface area contributed by atoms with Crippen molar-refractivity contribution in [2.45, 2.75) is 11.9 Å². The van der Waals surface area contributed by atoms with Gasteiger partial charge in [0, 0.05) is 17.8 Å². The standard InChI is InChI=1S/C12H12N4O5S/c1-7-5-8(16(19)20)3-4-9(7)13-10(17)6-22-11-12(18)21-14-15(11)2/h3-5H,6H2,1-2H3,(H-,13,14,17,18). The van der Waals surface area contributed by atoms with Gasteiger partial charge < -0.3 is 14.9 Å². The van der Waals surface area contributed by atoms with Gasteiger partial charge >= 0.3 is 0 Å². The first-order valence-corrected chi connectivity index (χ1v) is 7.07. The van der Waals surface area contributed by atoms with Crippen molar-refractivity contribution in [2.24, 2.45) is 7.05 Å². The molecule has 0 bridgehead atoms. The lowest BCUT2D eigenvalue weighted by Gasteiger charge is -2.07. The number of hydrogen-bond acceptors (Lipinski definition) is 7. The second-order valence-corrected chi connectivity index (χ2v) is 5.35. The zero-order valence-corrected chi connectivity index (χ0v) is 12.5. The van der Waals surface area contributed by atoms with Crippen LogP contribution < -0.4 is 15.1 Å². The third-order valence-electron chi connectivity index (χ3n) is 2.75. The summed E-state index contributed by atoms with van der Waals surface area (Å²) < 4.78 is 5.69. The summed E-state index contributed by atoms with van der Waals surface area (Å²) in [5, 5.41) is 28.2. The number of non-ortho nitro benzene ring substituents is 1. The summed E-state index contributed by atoms with van der Waals surface area (Å²) in [6.07, 6.45) is 0. The van der Waals surface area contributed by atoms with E-state index in [9.17, 15) is 20.0 Å². The molecular formula is C12H12N4O5S. The van der Waals surface area contributed by atoms with Crippen LogP contribution in [0.4, 0.5) is 11.4 Å². The maximum Gasteiger partial charge on any atom is 0.291 e. The number of benzene rings is 1. The van der Waals surface area contributed by atoms with Crippen LogP contribution >= 0.6 is 11.8 Å². The van der Waals surface area contributed by atoms with Crippen molar-refractivity contribution >= 4 is 29.0 Å². The van der Waals surface area contributed by atoms with Crippen LogP contribution in [-0.2, 0) is 11.8 Å². The topological polar surface area (TPSA) is 125 Å². The van der Waals surface area contributed by atoms with Crippen molar-refractivity contribution in [3.63, 3.8) is 0 Å². The lowest BCUT2D eigenvalue weighted by atomic mass is 10.2. The van der Waals surface area contributed by atoms with Crippen LogP contribution in [0, 0.1) is 17.0 Å². The monoisotopic (exact) mass is 324 g/mol. The van der Waals surface area contributed by atoms with Crippen LogP contribution in [0.2, 0.25) is 0 Å². The Kier molecular flexibility index (Phi) is 4.61. The average Bonchev–Trinajstić information content (AvgIpc) is 2.78. The second-order valence-electron chi connectivity index (χ2n) is 4.38. The van der Waals surface area contributed by atoms with Gasteiger partial charge in [-0.05, 0) is 30.3 Å². The molecule has 1 aromatic carbocycles. The summed E-state index contributed by atoms with van der Waals surface area (Å²) in [6, 6.07) is 4.15. The third kappa shape index (κ3) is 3.52. The molecule has 0 atom stereocenters. The van der Waals surface area contributed by atoms with Crippen molar-refractivity contribution in [3.8, 4) is 5.95 Å². The van der Waals surface area contributed by atoms with Gasteiger partial charge in [0.25, 0.3) is 10.7 Å². The molecule has 1 heterocycles. The normalized spacial score (nSPS) is 10.5. The molecule has 1 aromatic heterocycles.